The molecule has 0 radical (unpaired) electrons. The molecule has 1 atom stereocenters. The highest BCUT2D eigenvalue weighted by molar-refractivity contribution is 5.85. The summed E-state index contributed by atoms with van der Waals surface area (Å²) in [5.41, 5.74) is 5.15. The molecule has 0 aromatic carbocycles. The van der Waals surface area contributed by atoms with E-state index in [1.54, 1.807) is 0 Å². The van der Waals surface area contributed by atoms with Crippen LogP contribution in [0.15, 0.2) is 0 Å². The third-order valence-corrected chi connectivity index (χ3v) is 3.30. The molecule has 6 heteroatoms. The van der Waals surface area contributed by atoms with Gasteiger partial charge in [-0.2, -0.15) is 0 Å². The van der Waals surface area contributed by atoms with Crippen LogP contribution in [0.1, 0.15) is 27.7 Å². The van der Waals surface area contributed by atoms with E-state index in [4.69, 9.17) is 5.73 Å². The predicted molar refractivity (Wildman–Crippen MR) is 78.1 cm³/mol. The first-order valence-electron chi connectivity index (χ1n) is 6.55. The van der Waals surface area contributed by atoms with Crippen LogP contribution in [0.2, 0.25) is 0 Å². The molecule has 0 saturated carbocycles. The van der Waals surface area contributed by atoms with Crippen LogP contribution in [0.3, 0.4) is 0 Å². The summed E-state index contributed by atoms with van der Waals surface area (Å²) in [7, 11) is 0. The van der Waals surface area contributed by atoms with Crippen molar-refractivity contribution in [1.82, 2.24) is 9.80 Å². The van der Waals surface area contributed by atoms with Crippen molar-refractivity contribution in [3.63, 3.8) is 0 Å². The molecule has 1 aliphatic heterocycles. The van der Waals surface area contributed by atoms with Crippen molar-refractivity contribution < 1.29 is 9.59 Å². The third-order valence-electron chi connectivity index (χ3n) is 3.30. The van der Waals surface area contributed by atoms with Gasteiger partial charge in [0.1, 0.15) is 0 Å². The standard InChI is InChI=1S/C13H25N3O2.ClH/c1-10(9-14)11(17)15-5-7-16(8-6-15)12(18)13(2,3)4;/h10H,5-9,14H2,1-4H3;1H. The number of nitrogens with zero attached hydrogens (tertiary/aromatic N) is 2. The molecule has 0 bridgehead atoms. The van der Waals surface area contributed by atoms with E-state index >= 15 is 0 Å². The molecule has 1 aliphatic rings. The SMILES string of the molecule is CC(CN)C(=O)N1CCN(C(=O)C(C)(C)C)CC1.Cl. The maximum Gasteiger partial charge on any atom is 0.228 e. The largest absolute Gasteiger partial charge is 0.339 e. The second-order valence-electron chi connectivity index (χ2n) is 6.00. The third kappa shape index (κ3) is 4.66. The van der Waals surface area contributed by atoms with Gasteiger partial charge in [0.15, 0.2) is 0 Å². The van der Waals surface area contributed by atoms with Gasteiger partial charge in [0.05, 0.1) is 0 Å². The lowest BCUT2D eigenvalue weighted by Gasteiger charge is -2.38. The van der Waals surface area contributed by atoms with Crippen molar-refractivity contribution in [2.24, 2.45) is 17.1 Å². The molecule has 112 valence electrons. The summed E-state index contributed by atoms with van der Waals surface area (Å²) in [4.78, 5) is 27.7. The van der Waals surface area contributed by atoms with E-state index in [0.717, 1.165) is 0 Å². The maximum atomic E-state index is 12.1. The fraction of sp³-hybridized carbons (Fsp3) is 0.846. The minimum atomic E-state index is -0.350. The molecule has 19 heavy (non-hydrogen) atoms. The van der Waals surface area contributed by atoms with Crippen molar-refractivity contribution in [1.29, 1.82) is 0 Å². The number of piperazine rings is 1. The molecule has 1 rings (SSSR count). The molecule has 1 heterocycles. The minimum absolute atomic E-state index is 0. The van der Waals surface area contributed by atoms with Gasteiger partial charge in [0.25, 0.3) is 0 Å². The van der Waals surface area contributed by atoms with Crippen LogP contribution in [0, 0.1) is 11.3 Å². The molecule has 0 aliphatic carbocycles. The molecule has 5 nitrogen and oxygen atoms in total. The summed E-state index contributed by atoms with van der Waals surface area (Å²) in [5, 5.41) is 0. The normalized spacial score (nSPS) is 17.7. The van der Waals surface area contributed by atoms with E-state index in [2.05, 4.69) is 0 Å². The van der Waals surface area contributed by atoms with Crippen LogP contribution in [0.25, 0.3) is 0 Å². The topological polar surface area (TPSA) is 66.6 Å². The smallest absolute Gasteiger partial charge is 0.228 e. The molecule has 0 spiro atoms. The van der Waals surface area contributed by atoms with Gasteiger partial charge in [-0.15, -0.1) is 12.4 Å². The summed E-state index contributed by atoms with van der Waals surface area (Å²) >= 11 is 0. The molecule has 1 unspecified atom stereocenters. The van der Waals surface area contributed by atoms with Crippen LogP contribution < -0.4 is 5.73 Å². The van der Waals surface area contributed by atoms with E-state index in [0.29, 0.717) is 32.7 Å². The average molecular weight is 292 g/mol. The molecule has 0 aromatic rings. The van der Waals surface area contributed by atoms with Crippen molar-refractivity contribution in [2.45, 2.75) is 27.7 Å². The Kier molecular flexibility index (Phi) is 6.80. The average Bonchev–Trinajstić information content (AvgIpc) is 2.35. The number of hydrogen-bond donors (Lipinski definition) is 1. The van der Waals surface area contributed by atoms with E-state index in [9.17, 15) is 9.59 Å². The molecule has 2 N–H and O–H groups in total. The Hall–Kier alpha value is -0.810. The van der Waals surface area contributed by atoms with Crippen molar-refractivity contribution in [2.75, 3.05) is 32.7 Å². The van der Waals surface area contributed by atoms with Gasteiger partial charge in [-0.1, -0.05) is 27.7 Å². The zero-order valence-electron chi connectivity index (χ0n) is 12.3. The quantitative estimate of drug-likeness (QED) is 0.815. The summed E-state index contributed by atoms with van der Waals surface area (Å²) in [6, 6.07) is 0. The number of rotatable bonds is 2. The van der Waals surface area contributed by atoms with E-state index in [1.807, 2.05) is 37.5 Å². The molecule has 0 aromatic heterocycles. The first-order valence-corrected chi connectivity index (χ1v) is 6.55. The van der Waals surface area contributed by atoms with Crippen LogP contribution in [-0.4, -0.2) is 54.3 Å². The highest BCUT2D eigenvalue weighted by atomic mass is 35.5. The second-order valence-corrected chi connectivity index (χ2v) is 6.00. The number of carbonyl (C=O) groups excluding carboxylic acids is 2. The molecular weight excluding hydrogens is 266 g/mol. The lowest BCUT2D eigenvalue weighted by molar-refractivity contribution is -0.146. The fourth-order valence-electron chi connectivity index (χ4n) is 2.02. The molecule has 2 amide bonds. The lowest BCUT2D eigenvalue weighted by Crippen LogP contribution is -2.54. The number of amides is 2. The van der Waals surface area contributed by atoms with Crippen molar-refractivity contribution in [3.05, 3.63) is 0 Å². The van der Waals surface area contributed by atoms with Crippen LogP contribution in [-0.2, 0) is 9.59 Å². The molecule has 1 fully saturated rings. The summed E-state index contributed by atoms with van der Waals surface area (Å²) < 4.78 is 0. The van der Waals surface area contributed by atoms with E-state index < -0.39 is 0 Å². The fourth-order valence-corrected chi connectivity index (χ4v) is 2.02. The Morgan fingerprint density at radius 2 is 1.53 bits per heavy atom. The van der Waals surface area contributed by atoms with Gasteiger partial charge < -0.3 is 15.5 Å². The Labute approximate surface area is 121 Å². The van der Waals surface area contributed by atoms with Gasteiger partial charge in [0, 0.05) is 44.1 Å². The van der Waals surface area contributed by atoms with E-state index in [1.165, 1.54) is 0 Å². The highest BCUT2D eigenvalue weighted by Crippen LogP contribution is 2.19. The Balaban J connectivity index is 0.00000324. The maximum absolute atomic E-state index is 12.1. The number of hydrogen-bond acceptors (Lipinski definition) is 3. The van der Waals surface area contributed by atoms with Gasteiger partial charge in [-0.05, 0) is 0 Å². The number of nitrogens with two attached hydrogens (primary N) is 1. The van der Waals surface area contributed by atoms with Crippen LogP contribution in [0.4, 0.5) is 0 Å². The Morgan fingerprint density at radius 3 is 1.89 bits per heavy atom. The lowest BCUT2D eigenvalue weighted by atomic mass is 9.94. The second kappa shape index (κ2) is 7.10. The van der Waals surface area contributed by atoms with Gasteiger partial charge in [0.2, 0.25) is 11.8 Å². The van der Waals surface area contributed by atoms with E-state index in [-0.39, 0.29) is 35.6 Å². The van der Waals surface area contributed by atoms with Crippen LogP contribution >= 0.6 is 12.4 Å². The minimum Gasteiger partial charge on any atom is -0.339 e. The summed E-state index contributed by atoms with van der Waals surface area (Å²) in [5.74, 6) is 0.122. The summed E-state index contributed by atoms with van der Waals surface area (Å²) in [6.45, 7) is 10.5. The highest BCUT2D eigenvalue weighted by Gasteiger charge is 2.31. The predicted octanol–water partition coefficient (Wildman–Crippen LogP) is 0.720. The molecule has 1 saturated heterocycles. The van der Waals surface area contributed by atoms with Gasteiger partial charge in [-0.25, -0.2) is 0 Å². The number of halogens is 1. The Bertz CT molecular complexity index is 320. The van der Waals surface area contributed by atoms with Gasteiger partial charge >= 0.3 is 0 Å². The van der Waals surface area contributed by atoms with Crippen LogP contribution in [0.5, 0.6) is 0 Å². The Morgan fingerprint density at radius 1 is 1.11 bits per heavy atom. The van der Waals surface area contributed by atoms with Gasteiger partial charge in [-0.3, -0.25) is 9.59 Å². The monoisotopic (exact) mass is 291 g/mol. The number of carbonyl (C=O) groups is 2. The summed E-state index contributed by atoms with van der Waals surface area (Å²) in [6.07, 6.45) is 0. The zero-order valence-corrected chi connectivity index (χ0v) is 13.1. The van der Waals surface area contributed by atoms with Crippen molar-refractivity contribution in [3.8, 4) is 0 Å². The van der Waals surface area contributed by atoms with Crippen molar-refractivity contribution >= 4 is 24.2 Å². The zero-order chi connectivity index (χ0) is 13.9. The molecular formula is C13H26ClN3O2. The first kappa shape index (κ1) is 18.2. The first-order chi connectivity index (χ1) is 8.27.